The first-order valence-corrected chi connectivity index (χ1v) is 11.6. The lowest BCUT2D eigenvalue weighted by molar-refractivity contribution is 0.276. The quantitative estimate of drug-likeness (QED) is 0.313. The summed E-state index contributed by atoms with van der Waals surface area (Å²) in [6, 6.07) is 43.0. The summed E-state index contributed by atoms with van der Waals surface area (Å²) in [5, 5.41) is 3.80. The van der Waals surface area contributed by atoms with Crippen molar-refractivity contribution in [2.45, 2.75) is 12.3 Å². The van der Waals surface area contributed by atoms with E-state index in [9.17, 15) is 0 Å². The molecule has 164 valence electrons. The minimum atomic E-state index is 0.0997. The van der Waals surface area contributed by atoms with Crippen molar-refractivity contribution < 1.29 is 0 Å². The highest BCUT2D eigenvalue weighted by Crippen LogP contribution is 2.44. The molecule has 1 N–H and O–H groups in total. The predicted molar refractivity (Wildman–Crippen MR) is 139 cm³/mol. The number of benzene rings is 4. The van der Waals surface area contributed by atoms with E-state index in [0.29, 0.717) is 0 Å². The molecule has 0 amide bonds. The Labute approximate surface area is 200 Å². The molecule has 5 aromatic rings. The molecule has 0 spiro atoms. The van der Waals surface area contributed by atoms with Crippen LogP contribution in [-0.2, 0) is 0 Å². The van der Waals surface area contributed by atoms with E-state index in [1.807, 2.05) is 12.4 Å². The van der Waals surface area contributed by atoms with Crippen LogP contribution in [-0.4, -0.2) is 4.98 Å². The van der Waals surface area contributed by atoms with Gasteiger partial charge in [0, 0.05) is 18.1 Å². The molecule has 2 unspecified atom stereocenters. The van der Waals surface area contributed by atoms with E-state index in [-0.39, 0.29) is 12.3 Å². The molecule has 1 fully saturated rings. The molecule has 3 nitrogen and oxygen atoms in total. The van der Waals surface area contributed by atoms with Gasteiger partial charge >= 0.3 is 0 Å². The Kier molecular flexibility index (Phi) is 5.38. The van der Waals surface area contributed by atoms with Crippen molar-refractivity contribution in [3.05, 3.63) is 145 Å². The van der Waals surface area contributed by atoms with E-state index in [2.05, 4.69) is 137 Å². The number of nitrogens with zero attached hydrogens (tertiary/aromatic N) is 2. The van der Waals surface area contributed by atoms with Gasteiger partial charge in [-0.3, -0.25) is 10.3 Å². The lowest BCUT2D eigenvalue weighted by Crippen LogP contribution is -2.57. The minimum Gasteiger partial charge on any atom is -0.332 e. The van der Waals surface area contributed by atoms with E-state index in [0.717, 1.165) is 5.56 Å². The molecule has 1 aromatic heterocycles. The van der Waals surface area contributed by atoms with E-state index >= 15 is 0 Å². The third-order valence-corrected chi connectivity index (χ3v) is 6.44. The van der Waals surface area contributed by atoms with Gasteiger partial charge in [-0.25, -0.2) is 0 Å². The summed E-state index contributed by atoms with van der Waals surface area (Å²) >= 11 is 0. The zero-order chi connectivity index (χ0) is 22.7. The zero-order valence-corrected chi connectivity index (χ0v) is 18.8. The smallest absolute Gasteiger partial charge is 0.109 e. The van der Waals surface area contributed by atoms with Gasteiger partial charge in [0.15, 0.2) is 0 Å². The van der Waals surface area contributed by atoms with Crippen molar-refractivity contribution in [3.63, 3.8) is 0 Å². The number of hydrogen-bond acceptors (Lipinski definition) is 3. The first-order valence-electron chi connectivity index (χ1n) is 11.6. The second-order valence-corrected chi connectivity index (χ2v) is 8.57. The van der Waals surface area contributed by atoms with Gasteiger partial charge in [-0.05, 0) is 63.7 Å². The lowest BCUT2D eigenvalue weighted by Gasteiger charge is -2.52. The highest BCUT2D eigenvalue weighted by Gasteiger charge is 2.39. The fraction of sp³-hybridized carbons (Fsp3) is 0.0645. The van der Waals surface area contributed by atoms with Gasteiger partial charge in [0.2, 0.25) is 0 Å². The SMILES string of the molecule is c1ccc(-c2cc(-c3ccncc3)cc(N3C(c4ccccc4)NC3c3ccccc3)c2)cc1. The lowest BCUT2D eigenvalue weighted by atomic mass is 9.95. The Balaban J connectivity index is 1.51. The van der Waals surface area contributed by atoms with E-state index in [1.54, 1.807) is 0 Å². The minimum absolute atomic E-state index is 0.0997. The molecule has 6 rings (SSSR count). The second kappa shape index (κ2) is 8.97. The van der Waals surface area contributed by atoms with E-state index < -0.39 is 0 Å². The summed E-state index contributed by atoms with van der Waals surface area (Å²) in [7, 11) is 0. The average Bonchev–Trinajstić information content (AvgIpc) is 2.90. The molecule has 0 aliphatic carbocycles. The van der Waals surface area contributed by atoms with Gasteiger partial charge < -0.3 is 4.90 Å². The normalized spacial score (nSPS) is 17.2. The number of pyridine rings is 1. The van der Waals surface area contributed by atoms with Crippen LogP contribution < -0.4 is 10.2 Å². The Hall–Kier alpha value is -4.21. The molecular weight excluding hydrogens is 414 g/mol. The number of rotatable bonds is 5. The van der Waals surface area contributed by atoms with Crippen molar-refractivity contribution in [3.8, 4) is 22.3 Å². The molecule has 3 heteroatoms. The van der Waals surface area contributed by atoms with E-state index in [1.165, 1.54) is 33.5 Å². The Morgan fingerprint density at radius 2 is 0.971 bits per heavy atom. The maximum absolute atomic E-state index is 4.22. The number of hydrogen-bond donors (Lipinski definition) is 1. The Morgan fingerprint density at radius 3 is 1.50 bits per heavy atom. The first kappa shape index (κ1) is 20.4. The fourth-order valence-electron chi connectivity index (χ4n) is 4.73. The van der Waals surface area contributed by atoms with Crippen LogP contribution in [0.3, 0.4) is 0 Å². The van der Waals surface area contributed by atoms with Gasteiger partial charge in [-0.2, -0.15) is 0 Å². The molecule has 0 radical (unpaired) electrons. The summed E-state index contributed by atoms with van der Waals surface area (Å²) in [4.78, 5) is 6.71. The number of anilines is 1. The van der Waals surface area contributed by atoms with Crippen molar-refractivity contribution in [1.82, 2.24) is 10.3 Å². The van der Waals surface area contributed by atoms with Gasteiger partial charge in [-0.1, -0.05) is 91.0 Å². The van der Waals surface area contributed by atoms with Gasteiger partial charge in [0.05, 0.1) is 0 Å². The summed E-state index contributed by atoms with van der Waals surface area (Å²) in [6.07, 6.45) is 3.91. The topological polar surface area (TPSA) is 28.2 Å². The zero-order valence-electron chi connectivity index (χ0n) is 18.8. The molecule has 0 bridgehead atoms. The molecule has 1 saturated heterocycles. The third kappa shape index (κ3) is 3.87. The fourth-order valence-corrected chi connectivity index (χ4v) is 4.73. The van der Waals surface area contributed by atoms with Crippen molar-refractivity contribution in [2.24, 2.45) is 0 Å². The van der Waals surface area contributed by atoms with Crippen LogP contribution in [0, 0.1) is 0 Å². The molecular formula is C31H25N3. The van der Waals surface area contributed by atoms with Crippen LogP contribution in [0.1, 0.15) is 23.5 Å². The van der Waals surface area contributed by atoms with Crippen molar-refractivity contribution >= 4 is 5.69 Å². The van der Waals surface area contributed by atoms with Crippen LogP contribution in [0.15, 0.2) is 134 Å². The monoisotopic (exact) mass is 439 g/mol. The van der Waals surface area contributed by atoms with E-state index in [4.69, 9.17) is 0 Å². The van der Waals surface area contributed by atoms with Crippen LogP contribution in [0.5, 0.6) is 0 Å². The van der Waals surface area contributed by atoms with Crippen LogP contribution in [0.2, 0.25) is 0 Å². The highest BCUT2D eigenvalue weighted by atomic mass is 15.5. The molecule has 4 aromatic carbocycles. The second-order valence-electron chi connectivity index (χ2n) is 8.57. The largest absolute Gasteiger partial charge is 0.332 e. The van der Waals surface area contributed by atoms with Crippen LogP contribution in [0.25, 0.3) is 22.3 Å². The summed E-state index contributed by atoms with van der Waals surface area (Å²) in [5.41, 5.74) is 8.46. The maximum atomic E-state index is 4.22. The molecule has 0 saturated carbocycles. The van der Waals surface area contributed by atoms with Crippen molar-refractivity contribution in [1.29, 1.82) is 0 Å². The number of aromatic nitrogens is 1. The molecule has 34 heavy (non-hydrogen) atoms. The summed E-state index contributed by atoms with van der Waals surface area (Å²) in [6.45, 7) is 0. The highest BCUT2D eigenvalue weighted by molar-refractivity contribution is 5.79. The molecule has 2 atom stereocenters. The van der Waals surface area contributed by atoms with Gasteiger partial charge in [0.1, 0.15) is 12.3 Å². The van der Waals surface area contributed by atoms with Crippen molar-refractivity contribution in [2.75, 3.05) is 4.90 Å². The van der Waals surface area contributed by atoms with Gasteiger partial charge in [-0.15, -0.1) is 0 Å². The average molecular weight is 440 g/mol. The van der Waals surface area contributed by atoms with Crippen LogP contribution in [0.4, 0.5) is 5.69 Å². The molecule has 1 aliphatic rings. The number of nitrogens with one attached hydrogen (secondary N) is 1. The maximum Gasteiger partial charge on any atom is 0.109 e. The Bertz CT molecular complexity index is 1270. The van der Waals surface area contributed by atoms with Crippen LogP contribution >= 0.6 is 0 Å². The van der Waals surface area contributed by atoms with Gasteiger partial charge in [0.25, 0.3) is 0 Å². The standard InChI is InChI=1S/C31H25N3/c1-4-10-23(11-5-1)27-20-28(24-16-18-32-19-17-24)22-29(21-27)34-30(25-12-6-2-7-13-25)33-31(34)26-14-8-3-9-15-26/h1-22,30-31,33H. The summed E-state index contributed by atoms with van der Waals surface area (Å²) < 4.78 is 0. The third-order valence-electron chi connectivity index (χ3n) is 6.44. The summed E-state index contributed by atoms with van der Waals surface area (Å²) in [5.74, 6) is 0. The molecule has 2 heterocycles. The Morgan fingerprint density at radius 1 is 0.500 bits per heavy atom. The predicted octanol–water partition coefficient (Wildman–Crippen LogP) is 7.22. The molecule has 1 aliphatic heterocycles. The first-order chi connectivity index (χ1) is 16.9.